The minimum Gasteiger partial charge on any atom is -0.391 e. The molecule has 110 valence electrons. The summed E-state index contributed by atoms with van der Waals surface area (Å²) >= 11 is 0. The van der Waals surface area contributed by atoms with E-state index in [2.05, 4.69) is 53.4 Å². The minimum absolute atomic E-state index is 0.220. The Labute approximate surface area is 127 Å². The number of nitrogens with zero attached hydrogens (tertiary/aromatic N) is 1. The Balaban J connectivity index is 1.54. The zero-order valence-corrected chi connectivity index (χ0v) is 12.4. The van der Waals surface area contributed by atoms with Crippen LogP contribution in [0.4, 0.5) is 0 Å². The summed E-state index contributed by atoms with van der Waals surface area (Å²) < 4.78 is 0. The monoisotopic (exact) mass is 281 g/mol. The molecule has 0 aromatic heterocycles. The SMILES string of the molecule is OC1CN(Cc2ccccc2)CCC1Cc1ccccc1. The molecular weight excluding hydrogens is 258 g/mol. The molecule has 3 rings (SSSR count). The van der Waals surface area contributed by atoms with Gasteiger partial charge in [0, 0.05) is 13.1 Å². The van der Waals surface area contributed by atoms with Crippen molar-refractivity contribution >= 4 is 0 Å². The van der Waals surface area contributed by atoms with Crippen LogP contribution in [0, 0.1) is 5.92 Å². The maximum atomic E-state index is 10.4. The van der Waals surface area contributed by atoms with Crippen LogP contribution in [-0.2, 0) is 13.0 Å². The van der Waals surface area contributed by atoms with E-state index in [1.54, 1.807) is 0 Å². The maximum absolute atomic E-state index is 10.4. The van der Waals surface area contributed by atoms with E-state index in [9.17, 15) is 5.11 Å². The normalized spacial score (nSPS) is 23.1. The molecule has 1 saturated heterocycles. The smallest absolute Gasteiger partial charge is 0.0699 e. The Morgan fingerprint density at radius 2 is 1.52 bits per heavy atom. The van der Waals surface area contributed by atoms with Gasteiger partial charge in [-0.1, -0.05) is 60.7 Å². The van der Waals surface area contributed by atoms with E-state index < -0.39 is 0 Å². The van der Waals surface area contributed by atoms with E-state index in [0.29, 0.717) is 5.92 Å². The number of hydrogen-bond acceptors (Lipinski definition) is 2. The molecule has 2 aromatic rings. The number of β-amino-alcohol motifs (C(OH)–C–C–N with tert-alkyl or cyclic N) is 1. The molecule has 2 nitrogen and oxygen atoms in total. The molecular formula is C19H23NO. The van der Waals surface area contributed by atoms with Gasteiger partial charge in [-0.25, -0.2) is 0 Å². The van der Waals surface area contributed by atoms with E-state index >= 15 is 0 Å². The second kappa shape index (κ2) is 6.88. The van der Waals surface area contributed by atoms with Crippen LogP contribution in [0.1, 0.15) is 17.5 Å². The number of aliphatic hydroxyl groups excluding tert-OH is 1. The summed E-state index contributed by atoms with van der Waals surface area (Å²) in [4.78, 5) is 2.36. The first-order valence-corrected chi connectivity index (χ1v) is 7.79. The molecule has 0 radical (unpaired) electrons. The van der Waals surface area contributed by atoms with Crippen LogP contribution in [0.25, 0.3) is 0 Å². The number of piperidine rings is 1. The summed E-state index contributed by atoms with van der Waals surface area (Å²) in [6.07, 6.45) is 1.84. The molecule has 1 heterocycles. The highest BCUT2D eigenvalue weighted by atomic mass is 16.3. The van der Waals surface area contributed by atoms with E-state index in [4.69, 9.17) is 0 Å². The van der Waals surface area contributed by atoms with Crippen LogP contribution in [0.15, 0.2) is 60.7 Å². The summed E-state index contributed by atoms with van der Waals surface area (Å²) in [5.74, 6) is 0.388. The predicted octanol–water partition coefficient (Wildman–Crippen LogP) is 3.11. The second-order valence-corrected chi connectivity index (χ2v) is 6.03. The summed E-state index contributed by atoms with van der Waals surface area (Å²) in [7, 11) is 0. The van der Waals surface area contributed by atoms with Gasteiger partial charge in [0.05, 0.1) is 6.10 Å². The average Bonchev–Trinajstić information content (AvgIpc) is 2.52. The summed E-state index contributed by atoms with van der Waals surface area (Å²) in [5.41, 5.74) is 2.66. The molecule has 0 amide bonds. The number of likely N-dealkylation sites (tertiary alicyclic amines) is 1. The van der Waals surface area contributed by atoms with Crippen molar-refractivity contribution in [3.63, 3.8) is 0 Å². The number of rotatable bonds is 4. The molecule has 1 aliphatic rings. The fraction of sp³-hybridized carbons (Fsp3) is 0.368. The van der Waals surface area contributed by atoms with Crippen LogP contribution >= 0.6 is 0 Å². The average molecular weight is 281 g/mol. The van der Waals surface area contributed by atoms with Crippen molar-refractivity contribution in [2.24, 2.45) is 5.92 Å². The van der Waals surface area contributed by atoms with Crippen LogP contribution < -0.4 is 0 Å². The van der Waals surface area contributed by atoms with Crippen molar-refractivity contribution in [3.8, 4) is 0 Å². The van der Waals surface area contributed by atoms with Crippen LogP contribution in [-0.4, -0.2) is 29.2 Å². The van der Waals surface area contributed by atoms with Gasteiger partial charge in [-0.15, -0.1) is 0 Å². The van der Waals surface area contributed by atoms with Crippen LogP contribution in [0.5, 0.6) is 0 Å². The third-order valence-electron chi connectivity index (χ3n) is 4.40. The van der Waals surface area contributed by atoms with Crippen molar-refractivity contribution in [1.29, 1.82) is 0 Å². The van der Waals surface area contributed by atoms with Gasteiger partial charge in [0.2, 0.25) is 0 Å². The quantitative estimate of drug-likeness (QED) is 0.931. The lowest BCUT2D eigenvalue weighted by atomic mass is 9.88. The van der Waals surface area contributed by atoms with Crippen molar-refractivity contribution in [2.75, 3.05) is 13.1 Å². The molecule has 0 bridgehead atoms. The molecule has 2 heteroatoms. The number of benzene rings is 2. The molecule has 0 aliphatic carbocycles. The first-order chi connectivity index (χ1) is 10.3. The van der Waals surface area contributed by atoms with E-state index in [-0.39, 0.29) is 6.10 Å². The van der Waals surface area contributed by atoms with Crippen molar-refractivity contribution in [2.45, 2.75) is 25.5 Å². The Hall–Kier alpha value is -1.64. The largest absolute Gasteiger partial charge is 0.391 e. The molecule has 0 saturated carbocycles. The number of aliphatic hydroxyl groups is 1. The fourth-order valence-electron chi connectivity index (χ4n) is 3.19. The Morgan fingerprint density at radius 3 is 2.14 bits per heavy atom. The molecule has 2 atom stereocenters. The Kier molecular flexibility index (Phi) is 4.69. The molecule has 1 fully saturated rings. The lowest BCUT2D eigenvalue weighted by Gasteiger charge is -2.36. The van der Waals surface area contributed by atoms with Gasteiger partial charge in [0.1, 0.15) is 0 Å². The first-order valence-electron chi connectivity index (χ1n) is 7.79. The van der Waals surface area contributed by atoms with Gasteiger partial charge < -0.3 is 5.11 Å². The van der Waals surface area contributed by atoms with Gasteiger partial charge in [0.15, 0.2) is 0 Å². The van der Waals surface area contributed by atoms with Gasteiger partial charge in [0.25, 0.3) is 0 Å². The molecule has 21 heavy (non-hydrogen) atoms. The van der Waals surface area contributed by atoms with Crippen molar-refractivity contribution in [1.82, 2.24) is 4.90 Å². The molecule has 2 unspecified atom stereocenters. The van der Waals surface area contributed by atoms with Crippen molar-refractivity contribution in [3.05, 3.63) is 71.8 Å². The lowest BCUT2D eigenvalue weighted by Crippen LogP contribution is -2.44. The third-order valence-corrected chi connectivity index (χ3v) is 4.40. The zero-order valence-electron chi connectivity index (χ0n) is 12.4. The molecule has 1 N–H and O–H groups in total. The summed E-state index contributed by atoms with van der Waals surface area (Å²) in [5, 5.41) is 10.4. The Bertz CT molecular complexity index is 540. The fourth-order valence-corrected chi connectivity index (χ4v) is 3.19. The van der Waals surface area contributed by atoms with Crippen LogP contribution in [0.2, 0.25) is 0 Å². The Morgan fingerprint density at radius 1 is 0.905 bits per heavy atom. The molecule has 0 spiro atoms. The number of hydrogen-bond donors (Lipinski definition) is 1. The van der Waals surface area contributed by atoms with E-state index in [1.165, 1.54) is 11.1 Å². The molecule has 1 aliphatic heterocycles. The highest BCUT2D eigenvalue weighted by Gasteiger charge is 2.27. The topological polar surface area (TPSA) is 23.5 Å². The highest BCUT2D eigenvalue weighted by molar-refractivity contribution is 5.16. The predicted molar refractivity (Wildman–Crippen MR) is 86.0 cm³/mol. The third kappa shape index (κ3) is 3.93. The van der Waals surface area contributed by atoms with Crippen molar-refractivity contribution < 1.29 is 5.11 Å². The standard InChI is InChI=1S/C19H23NO/c21-19-15-20(14-17-9-5-2-6-10-17)12-11-18(19)13-16-7-3-1-4-8-16/h1-10,18-19,21H,11-15H2. The minimum atomic E-state index is -0.220. The van der Waals surface area contributed by atoms with E-state index in [1.807, 2.05) is 12.1 Å². The van der Waals surface area contributed by atoms with E-state index in [0.717, 1.165) is 32.5 Å². The zero-order chi connectivity index (χ0) is 14.5. The first kappa shape index (κ1) is 14.3. The lowest BCUT2D eigenvalue weighted by molar-refractivity contribution is 0.0187. The van der Waals surface area contributed by atoms with Crippen LogP contribution in [0.3, 0.4) is 0 Å². The highest BCUT2D eigenvalue weighted by Crippen LogP contribution is 2.23. The summed E-state index contributed by atoms with van der Waals surface area (Å²) in [6.45, 7) is 2.80. The van der Waals surface area contributed by atoms with Gasteiger partial charge in [-0.05, 0) is 36.4 Å². The van der Waals surface area contributed by atoms with Gasteiger partial charge in [-0.3, -0.25) is 4.90 Å². The van der Waals surface area contributed by atoms with Gasteiger partial charge in [-0.2, -0.15) is 0 Å². The second-order valence-electron chi connectivity index (χ2n) is 6.03. The summed E-state index contributed by atoms with van der Waals surface area (Å²) in [6, 6.07) is 21.0. The maximum Gasteiger partial charge on any atom is 0.0699 e. The molecule has 2 aromatic carbocycles. The van der Waals surface area contributed by atoms with Gasteiger partial charge >= 0.3 is 0 Å².